The van der Waals surface area contributed by atoms with E-state index in [2.05, 4.69) is 41.6 Å². The van der Waals surface area contributed by atoms with Crippen LogP contribution >= 0.6 is 15.9 Å². The minimum absolute atomic E-state index is 0.248. The summed E-state index contributed by atoms with van der Waals surface area (Å²) in [6, 6.07) is 8.18. The highest BCUT2D eigenvalue weighted by molar-refractivity contribution is 9.10. The Morgan fingerprint density at radius 3 is 2.38 bits per heavy atom. The van der Waals surface area contributed by atoms with E-state index >= 15 is 0 Å². The molecule has 1 unspecified atom stereocenters. The molecule has 13 heavy (non-hydrogen) atoms. The third-order valence-electron chi connectivity index (χ3n) is 2.12. The Labute approximate surface area is 87.5 Å². The Hall–Kier alpha value is -0.760. The van der Waals surface area contributed by atoms with Gasteiger partial charge in [0.25, 0.3) is 0 Å². The van der Waals surface area contributed by atoms with Gasteiger partial charge in [-0.3, -0.25) is 0 Å². The monoisotopic (exact) mass is 240 g/mol. The molecule has 0 aliphatic carbocycles. The molecule has 0 aliphatic heterocycles. The lowest BCUT2D eigenvalue weighted by Gasteiger charge is -2.13. The molecule has 0 radical (unpaired) electrons. The zero-order valence-corrected chi connectivity index (χ0v) is 9.47. The van der Waals surface area contributed by atoms with Crippen LogP contribution in [-0.4, -0.2) is 7.11 Å². The first-order valence-corrected chi connectivity index (χ1v) is 4.92. The van der Waals surface area contributed by atoms with Gasteiger partial charge in [0, 0.05) is 10.4 Å². The van der Waals surface area contributed by atoms with E-state index in [-0.39, 0.29) is 5.92 Å². The average Bonchev–Trinajstić information content (AvgIpc) is 2.17. The maximum Gasteiger partial charge on any atom is 0.0955 e. The van der Waals surface area contributed by atoms with Crippen molar-refractivity contribution in [2.24, 2.45) is 0 Å². The van der Waals surface area contributed by atoms with E-state index in [1.807, 2.05) is 12.1 Å². The van der Waals surface area contributed by atoms with E-state index in [4.69, 9.17) is 4.74 Å². The van der Waals surface area contributed by atoms with Crippen molar-refractivity contribution in [1.82, 2.24) is 0 Å². The van der Waals surface area contributed by atoms with Gasteiger partial charge in [0.05, 0.1) is 12.9 Å². The van der Waals surface area contributed by atoms with Gasteiger partial charge >= 0.3 is 0 Å². The van der Waals surface area contributed by atoms with Gasteiger partial charge < -0.3 is 4.74 Å². The fourth-order valence-electron chi connectivity index (χ4n) is 1.11. The van der Waals surface area contributed by atoms with Gasteiger partial charge in [0.15, 0.2) is 0 Å². The van der Waals surface area contributed by atoms with Crippen LogP contribution < -0.4 is 0 Å². The summed E-state index contributed by atoms with van der Waals surface area (Å²) in [4.78, 5) is 0. The van der Waals surface area contributed by atoms with E-state index in [9.17, 15) is 0 Å². The maximum absolute atomic E-state index is 5.09. The molecule has 1 rings (SSSR count). The first kappa shape index (κ1) is 10.3. The number of rotatable bonds is 3. The minimum atomic E-state index is 0.248. The fraction of sp³-hybridized carbons (Fsp3) is 0.273. The van der Waals surface area contributed by atoms with E-state index < -0.39 is 0 Å². The van der Waals surface area contributed by atoms with Crippen molar-refractivity contribution < 1.29 is 4.74 Å². The molecule has 0 heterocycles. The summed E-state index contributed by atoms with van der Waals surface area (Å²) in [5.41, 5.74) is 1.22. The molecule has 0 saturated heterocycles. The van der Waals surface area contributed by atoms with E-state index in [1.165, 1.54) is 5.56 Å². The largest absolute Gasteiger partial charge is 0.501 e. The molecule has 0 fully saturated rings. The van der Waals surface area contributed by atoms with E-state index in [1.54, 1.807) is 7.11 Å². The molecule has 1 aromatic carbocycles. The Kier molecular flexibility index (Phi) is 3.55. The number of halogens is 1. The molecule has 1 atom stereocenters. The van der Waals surface area contributed by atoms with Crippen LogP contribution in [0.1, 0.15) is 18.4 Å². The molecule has 1 aromatic rings. The lowest BCUT2D eigenvalue weighted by atomic mass is 10.0. The Morgan fingerprint density at radius 2 is 1.92 bits per heavy atom. The van der Waals surface area contributed by atoms with Crippen LogP contribution in [0.5, 0.6) is 0 Å². The first-order chi connectivity index (χ1) is 6.15. The molecule has 70 valence electrons. The number of allylic oxidation sites excluding steroid dienone is 1. The van der Waals surface area contributed by atoms with Crippen molar-refractivity contribution in [1.29, 1.82) is 0 Å². The van der Waals surface area contributed by atoms with Crippen LogP contribution in [-0.2, 0) is 4.74 Å². The molecular formula is C11H13BrO. The highest BCUT2D eigenvalue weighted by Crippen LogP contribution is 2.24. The number of benzene rings is 1. The molecule has 0 aliphatic rings. The highest BCUT2D eigenvalue weighted by atomic mass is 79.9. The standard InChI is InChI=1S/C11H13BrO/c1-8(9(2)13-3)10-4-6-11(12)7-5-10/h4-8H,2H2,1,3H3. The highest BCUT2D eigenvalue weighted by Gasteiger charge is 2.08. The van der Waals surface area contributed by atoms with Gasteiger partial charge in [-0.2, -0.15) is 0 Å². The van der Waals surface area contributed by atoms with Crippen LogP contribution in [0.2, 0.25) is 0 Å². The second-order valence-corrected chi connectivity index (χ2v) is 3.86. The van der Waals surface area contributed by atoms with E-state index in [0.29, 0.717) is 0 Å². The fourth-order valence-corrected chi connectivity index (χ4v) is 1.38. The summed E-state index contributed by atoms with van der Waals surface area (Å²) in [6.45, 7) is 5.92. The first-order valence-electron chi connectivity index (χ1n) is 4.13. The maximum atomic E-state index is 5.09. The molecular weight excluding hydrogens is 228 g/mol. The van der Waals surface area contributed by atoms with Gasteiger partial charge in [0.2, 0.25) is 0 Å². The molecule has 0 saturated carbocycles. The van der Waals surface area contributed by atoms with Crippen LogP contribution in [0.25, 0.3) is 0 Å². The normalized spacial score (nSPS) is 12.2. The van der Waals surface area contributed by atoms with Gasteiger partial charge in [-0.15, -0.1) is 0 Å². The number of ether oxygens (including phenoxy) is 1. The third kappa shape index (κ3) is 2.59. The molecule has 0 amide bonds. The summed E-state index contributed by atoms with van der Waals surface area (Å²) in [5.74, 6) is 1.04. The van der Waals surface area contributed by atoms with Gasteiger partial charge in [0.1, 0.15) is 0 Å². The summed E-state index contributed by atoms with van der Waals surface area (Å²) < 4.78 is 6.18. The minimum Gasteiger partial charge on any atom is -0.501 e. The predicted molar refractivity (Wildman–Crippen MR) is 58.7 cm³/mol. The van der Waals surface area contributed by atoms with E-state index in [0.717, 1.165) is 10.2 Å². The van der Waals surface area contributed by atoms with Crippen molar-refractivity contribution >= 4 is 15.9 Å². The van der Waals surface area contributed by atoms with Gasteiger partial charge in [-0.25, -0.2) is 0 Å². The molecule has 0 aromatic heterocycles. The molecule has 0 spiro atoms. The smallest absolute Gasteiger partial charge is 0.0955 e. The predicted octanol–water partition coefficient (Wildman–Crippen LogP) is 3.71. The second-order valence-electron chi connectivity index (χ2n) is 2.94. The van der Waals surface area contributed by atoms with Crippen LogP contribution in [0.15, 0.2) is 41.1 Å². The van der Waals surface area contributed by atoms with Crippen LogP contribution in [0, 0.1) is 0 Å². The van der Waals surface area contributed by atoms with Gasteiger partial charge in [-0.05, 0) is 17.7 Å². The third-order valence-corrected chi connectivity index (χ3v) is 2.64. The topological polar surface area (TPSA) is 9.23 Å². The van der Waals surface area contributed by atoms with Crippen molar-refractivity contribution in [3.63, 3.8) is 0 Å². The zero-order valence-electron chi connectivity index (χ0n) is 7.88. The Morgan fingerprint density at radius 1 is 1.38 bits per heavy atom. The lowest BCUT2D eigenvalue weighted by Crippen LogP contribution is -1.98. The summed E-state index contributed by atoms with van der Waals surface area (Å²) in [5, 5.41) is 0. The molecule has 0 bridgehead atoms. The molecule has 1 nitrogen and oxygen atoms in total. The average molecular weight is 241 g/mol. The Balaban J connectivity index is 2.83. The Bertz CT molecular complexity index is 289. The van der Waals surface area contributed by atoms with Crippen LogP contribution in [0.4, 0.5) is 0 Å². The van der Waals surface area contributed by atoms with Crippen molar-refractivity contribution in [2.45, 2.75) is 12.8 Å². The van der Waals surface area contributed by atoms with Gasteiger partial charge in [-0.1, -0.05) is 41.6 Å². The SMILES string of the molecule is C=C(OC)C(C)c1ccc(Br)cc1. The summed E-state index contributed by atoms with van der Waals surface area (Å²) in [7, 11) is 1.65. The quantitative estimate of drug-likeness (QED) is 0.733. The molecule has 2 heteroatoms. The summed E-state index contributed by atoms with van der Waals surface area (Å²) >= 11 is 3.39. The van der Waals surface area contributed by atoms with Crippen LogP contribution in [0.3, 0.4) is 0 Å². The number of hydrogen-bond acceptors (Lipinski definition) is 1. The van der Waals surface area contributed by atoms with Crippen molar-refractivity contribution in [2.75, 3.05) is 7.11 Å². The molecule has 0 N–H and O–H groups in total. The van der Waals surface area contributed by atoms with Crippen molar-refractivity contribution in [3.05, 3.63) is 46.6 Å². The number of methoxy groups -OCH3 is 1. The zero-order chi connectivity index (χ0) is 9.84. The summed E-state index contributed by atoms with van der Waals surface area (Å²) in [6.07, 6.45) is 0. The van der Waals surface area contributed by atoms with Crippen molar-refractivity contribution in [3.8, 4) is 0 Å². The second kappa shape index (κ2) is 4.47. The number of hydrogen-bond donors (Lipinski definition) is 0. The lowest BCUT2D eigenvalue weighted by molar-refractivity contribution is 0.270.